The number of pyridine rings is 1. The highest BCUT2D eigenvalue weighted by Gasteiger charge is 2.33. The second kappa shape index (κ2) is 9.84. The Bertz CT molecular complexity index is 1860. The molecule has 5 aromatic rings. The number of oxazole rings is 1. The van der Waals surface area contributed by atoms with Crippen molar-refractivity contribution in [3.8, 4) is 28.4 Å². The van der Waals surface area contributed by atoms with Crippen molar-refractivity contribution >= 4 is 22.9 Å². The molecule has 1 N–H and O–H groups in total. The summed E-state index contributed by atoms with van der Waals surface area (Å²) in [6.07, 6.45) is 1.32. The number of ether oxygens (including phenoxy) is 1. The smallest absolute Gasteiger partial charge is 0.420 e. The van der Waals surface area contributed by atoms with Crippen LogP contribution in [0.4, 0.5) is 8.78 Å². The van der Waals surface area contributed by atoms with Gasteiger partial charge in [-0.25, -0.2) is 18.6 Å². The van der Waals surface area contributed by atoms with Gasteiger partial charge in [0.1, 0.15) is 17.4 Å². The minimum Gasteiger partial charge on any atom is -0.481 e. The minimum atomic E-state index is -1.11. The third kappa shape index (κ3) is 4.30. The van der Waals surface area contributed by atoms with Crippen LogP contribution in [-0.2, 0) is 16.0 Å². The fourth-order valence-corrected chi connectivity index (χ4v) is 4.69. The van der Waals surface area contributed by atoms with Crippen LogP contribution in [0, 0.1) is 11.6 Å². The normalized spacial score (nSPS) is 15.4. The lowest BCUT2D eigenvalue weighted by Crippen LogP contribution is -2.43. The molecular formula is C27H19F2N5O6. The maximum Gasteiger partial charge on any atom is 0.420 e. The first-order chi connectivity index (χ1) is 19.3. The molecule has 1 saturated heterocycles. The van der Waals surface area contributed by atoms with E-state index in [0.717, 1.165) is 4.57 Å². The van der Waals surface area contributed by atoms with Gasteiger partial charge in [-0.3, -0.25) is 19.5 Å². The molecule has 2 aromatic carbocycles. The zero-order valence-corrected chi connectivity index (χ0v) is 20.8. The molecule has 4 heterocycles. The van der Waals surface area contributed by atoms with Crippen molar-refractivity contribution in [1.82, 2.24) is 25.0 Å². The van der Waals surface area contributed by atoms with E-state index in [1.807, 2.05) is 0 Å². The van der Waals surface area contributed by atoms with Crippen LogP contribution in [-0.4, -0.2) is 38.6 Å². The number of carbonyl (C=O) groups is 2. The summed E-state index contributed by atoms with van der Waals surface area (Å²) >= 11 is 0. The number of piperidine rings is 1. The van der Waals surface area contributed by atoms with Crippen LogP contribution in [0.3, 0.4) is 0 Å². The van der Waals surface area contributed by atoms with Gasteiger partial charge in [-0.1, -0.05) is 23.4 Å². The lowest BCUT2D eigenvalue weighted by Gasteiger charge is -2.21. The fraction of sp³-hybridized carbons (Fsp3) is 0.185. The lowest BCUT2D eigenvalue weighted by molar-refractivity contribution is -0.135. The highest BCUT2D eigenvalue weighted by molar-refractivity contribution is 6.00. The molecule has 0 radical (unpaired) electrons. The van der Waals surface area contributed by atoms with Gasteiger partial charge in [-0.05, 0) is 35.7 Å². The summed E-state index contributed by atoms with van der Waals surface area (Å²) in [5.41, 5.74) is 0.667. The molecule has 0 spiro atoms. The highest BCUT2D eigenvalue weighted by Crippen LogP contribution is 2.32. The predicted molar refractivity (Wildman–Crippen MR) is 134 cm³/mol. The van der Waals surface area contributed by atoms with E-state index < -0.39 is 35.2 Å². The summed E-state index contributed by atoms with van der Waals surface area (Å²) in [6, 6.07) is 9.61. The monoisotopic (exact) mass is 547 g/mol. The molecule has 40 heavy (non-hydrogen) atoms. The molecule has 1 fully saturated rings. The largest absolute Gasteiger partial charge is 0.481 e. The molecule has 0 bridgehead atoms. The number of nitrogens with one attached hydrogen (secondary N) is 1. The Balaban J connectivity index is 1.32. The standard InChI is InChI=1S/C27H19F2N5O6/c1-38-20-11-13(9-10-30-20)15-3-2-4-16(23(15)29)25-32-21(40-33-25)12-14-5-7-18-24(22(14)28)34(27(37)39-18)17-6-8-19(35)31-26(17)36/h2-5,7,9-11,17H,6,8,12H2,1H3,(H,31,35,36). The van der Waals surface area contributed by atoms with Gasteiger partial charge in [0.15, 0.2) is 11.4 Å². The average Bonchev–Trinajstić information content (AvgIpc) is 3.54. The van der Waals surface area contributed by atoms with Crippen LogP contribution in [0.5, 0.6) is 5.88 Å². The molecule has 11 nitrogen and oxygen atoms in total. The van der Waals surface area contributed by atoms with Crippen molar-refractivity contribution in [2.75, 3.05) is 7.11 Å². The predicted octanol–water partition coefficient (Wildman–Crippen LogP) is 3.56. The van der Waals surface area contributed by atoms with Crippen LogP contribution < -0.4 is 15.8 Å². The molecule has 6 rings (SSSR count). The number of methoxy groups -OCH3 is 1. The van der Waals surface area contributed by atoms with E-state index >= 15 is 8.78 Å². The van der Waals surface area contributed by atoms with Crippen molar-refractivity contribution in [3.05, 3.63) is 82.3 Å². The third-order valence-corrected chi connectivity index (χ3v) is 6.62. The Morgan fingerprint density at radius 2 is 1.93 bits per heavy atom. The molecule has 13 heteroatoms. The zero-order valence-electron chi connectivity index (χ0n) is 20.8. The van der Waals surface area contributed by atoms with Crippen LogP contribution in [0.25, 0.3) is 33.6 Å². The van der Waals surface area contributed by atoms with Crippen LogP contribution >= 0.6 is 0 Å². The van der Waals surface area contributed by atoms with Gasteiger partial charge >= 0.3 is 5.76 Å². The second-order valence-electron chi connectivity index (χ2n) is 9.03. The number of carbonyl (C=O) groups excluding carboxylic acids is 2. The zero-order chi connectivity index (χ0) is 28.0. The number of fused-ring (bicyclic) bond motifs is 1. The van der Waals surface area contributed by atoms with E-state index in [1.165, 1.54) is 31.5 Å². The van der Waals surface area contributed by atoms with E-state index in [1.54, 1.807) is 24.3 Å². The molecule has 2 amide bonds. The van der Waals surface area contributed by atoms with Gasteiger partial charge in [-0.2, -0.15) is 4.98 Å². The first-order valence-corrected chi connectivity index (χ1v) is 12.1. The summed E-state index contributed by atoms with van der Waals surface area (Å²) in [7, 11) is 1.46. The molecular weight excluding hydrogens is 528 g/mol. The van der Waals surface area contributed by atoms with Crippen molar-refractivity contribution in [2.24, 2.45) is 0 Å². The Hall–Kier alpha value is -5.20. The van der Waals surface area contributed by atoms with Crippen LogP contribution in [0.2, 0.25) is 0 Å². The number of benzene rings is 2. The number of rotatable bonds is 6. The Morgan fingerprint density at radius 3 is 2.73 bits per heavy atom. The van der Waals surface area contributed by atoms with Gasteiger partial charge in [0, 0.05) is 24.2 Å². The summed E-state index contributed by atoms with van der Waals surface area (Å²) in [6.45, 7) is 0. The number of imide groups is 1. The molecule has 1 aliphatic heterocycles. The number of halogens is 2. The molecule has 202 valence electrons. The van der Waals surface area contributed by atoms with E-state index in [9.17, 15) is 14.4 Å². The Kier molecular flexibility index (Phi) is 6.17. The fourth-order valence-electron chi connectivity index (χ4n) is 4.69. The maximum absolute atomic E-state index is 15.7. The molecule has 1 aliphatic rings. The molecule has 0 saturated carbocycles. The molecule has 0 aliphatic carbocycles. The topological polar surface area (TPSA) is 142 Å². The van der Waals surface area contributed by atoms with Crippen molar-refractivity contribution in [1.29, 1.82) is 0 Å². The van der Waals surface area contributed by atoms with Crippen LogP contribution in [0.15, 0.2) is 62.4 Å². The van der Waals surface area contributed by atoms with Gasteiger partial charge in [-0.15, -0.1) is 0 Å². The van der Waals surface area contributed by atoms with E-state index in [0.29, 0.717) is 11.4 Å². The first kappa shape index (κ1) is 25.1. The summed E-state index contributed by atoms with van der Waals surface area (Å²) < 4.78 is 47.7. The van der Waals surface area contributed by atoms with E-state index in [4.69, 9.17) is 13.7 Å². The maximum atomic E-state index is 15.7. The van der Waals surface area contributed by atoms with Crippen molar-refractivity contribution < 1.29 is 32.0 Å². The summed E-state index contributed by atoms with van der Waals surface area (Å²) in [4.78, 5) is 44.7. The molecule has 1 unspecified atom stereocenters. The summed E-state index contributed by atoms with van der Waals surface area (Å²) in [5, 5.41) is 6.02. The molecule has 3 aromatic heterocycles. The summed E-state index contributed by atoms with van der Waals surface area (Å²) in [5.74, 6) is -3.27. The quantitative estimate of drug-likeness (QED) is 0.316. The number of aromatic nitrogens is 4. The first-order valence-electron chi connectivity index (χ1n) is 12.1. The SMILES string of the molecule is COc1cc(-c2cccc(-c3noc(Cc4ccc5oc(=O)n(C6CCC(=O)NC6=O)c5c4F)n3)c2F)ccn1. The van der Waals surface area contributed by atoms with Gasteiger partial charge in [0.25, 0.3) is 0 Å². The Labute approximate surface area is 223 Å². The van der Waals surface area contributed by atoms with Crippen molar-refractivity contribution in [3.63, 3.8) is 0 Å². The van der Waals surface area contributed by atoms with Gasteiger partial charge in [0.05, 0.1) is 19.1 Å². The van der Waals surface area contributed by atoms with E-state index in [2.05, 4.69) is 20.4 Å². The van der Waals surface area contributed by atoms with Gasteiger partial charge in [0.2, 0.25) is 29.4 Å². The minimum absolute atomic E-state index is 0.00590. The highest BCUT2D eigenvalue weighted by atomic mass is 19.1. The van der Waals surface area contributed by atoms with Gasteiger partial charge < -0.3 is 13.7 Å². The van der Waals surface area contributed by atoms with Crippen molar-refractivity contribution in [2.45, 2.75) is 25.3 Å². The second-order valence-corrected chi connectivity index (χ2v) is 9.03. The third-order valence-electron chi connectivity index (χ3n) is 6.62. The Morgan fingerprint density at radius 1 is 1.10 bits per heavy atom. The number of nitrogens with zero attached hydrogens (tertiary/aromatic N) is 4. The number of amides is 2. The number of hydrogen-bond acceptors (Lipinski definition) is 9. The average molecular weight is 547 g/mol. The lowest BCUT2D eigenvalue weighted by atomic mass is 10.0. The van der Waals surface area contributed by atoms with Crippen LogP contribution in [0.1, 0.15) is 30.3 Å². The van der Waals surface area contributed by atoms with E-state index in [-0.39, 0.29) is 58.8 Å². The number of hydrogen-bond donors (Lipinski definition) is 1. The molecule has 1 atom stereocenters.